The standard InChI is InChI=1S/C24H28N2O7S/c1-26(19-5-3-2-4-6-19)23(27)16-33-24(28)17-7-9-18(10-8-17)25-34(29,30)20-11-12-21-22(15-20)32-14-13-31-21/h7-12,15,19,25H,2-6,13-14,16H2,1H3. The molecule has 9 nitrogen and oxygen atoms in total. The van der Waals surface area contributed by atoms with Crippen molar-refractivity contribution in [1.29, 1.82) is 0 Å². The third-order valence-electron chi connectivity index (χ3n) is 6.04. The number of anilines is 1. The molecule has 182 valence electrons. The van der Waals surface area contributed by atoms with Crippen LogP contribution in [0, 0.1) is 0 Å². The Labute approximate surface area is 199 Å². The van der Waals surface area contributed by atoms with E-state index < -0.39 is 16.0 Å². The van der Waals surface area contributed by atoms with E-state index in [-0.39, 0.29) is 34.7 Å². The quantitative estimate of drug-likeness (QED) is 0.596. The number of hydrogen-bond acceptors (Lipinski definition) is 7. The molecule has 2 aromatic carbocycles. The number of sulfonamides is 1. The molecular formula is C24H28N2O7S. The second-order valence-electron chi connectivity index (χ2n) is 8.36. The van der Waals surface area contributed by atoms with Crippen molar-refractivity contribution in [3.8, 4) is 11.5 Å². The van der Waals surface area contributed by atoms with Gasteiger partial charge >= 0.3 is 5.97 Å². The van der Waals surface area contributed by atoms with Gasteiger partial charge in [-0.1, -0.05) is 19.3 Å². The first kappa shape index (κ1) is 23.9. The predicted molar refractivity (Wildman–Crippen MR) is 125 cm³/mol. The lowest BCUT2D eigenvalue weighted by Gasteiger charge is -2.31. The molecule has 1 saturated carbocycles. The van der Waals surface area contributed by atoms with E-state index in [2.05, 4.69) is 4.72 Å². The number of amides is 1. The zero-order valence-corrected chi connectivity index (χ0v) is 19.8. The van der Waals surface area contributed by atoms with Crippen LogP contribution in [0.15, 0.2) is 47.4 Å². The van der Waals surface area contributed by atoms with Gasteiger partial charge in [0.25, 0.3) is 15.9 Å². The van der Waals surface area contributed by atoms with Crippen LogP contribution in [0.3, 0.4) is 0 Å². The normalized spacial score (nSPS) is 15.9. The van der Waals surface area contributed by atoms with E-state index in [1.54, 1.807) is 18.0 Å². The van der Waals surface area contributed by atoms with Crippen molar-refractivity contribution in [2.24, 2.45) is 0 Å². The molecule has 0 saturated heterocycles. The van der Waals surface area contributed by atoms with Gasteiger partial charge in [-0.25, -0.2) is 13.2 Å². The molecule has 1 heterocycles. The molecule has 4 rings (SSSR count). The van der Waals surface area contributed by atoms with E-state index in [0.717, 1.165) is 25.7 Å². The van der Waals surface area contributed by atoms with Crippen molar-refractivity contribution in [3.63, 3.8) is 0 Å². The van der Waals surface area contributed by atoms with Crippen molar-refractivity contribution in [2.45, 2.75) is 43.0 Å². The van der Waals surface area contributed by atoms with Crippen molar-refractivity contribution in [1.82, 2.24) is 4.90 Å². The average Bonchev–Trinajstić information content (AvgIpc) is 2.87. The van der Waals surface area contributed by atoms with Gasteiger partial charge < -0.3 is 19.1 Å². The van der Waals surface area contributed by atoms with Gasteiger partial charge in [-0.15, -0.1) is 0 Å². The fraction of sp³-hybridized carbons (Fsp3) is 0.417. The number of hydrogen-bond donors (Lipinski definition) is 1. The molecular weight excluding hydrogens is 460 g/mol. The molecule has 0 radical (unpaired) electrons. The Morgan fingerprint density at radius 2 is 1.68 bits per heavy atom. The minimum absolute atomic E-state index is 0.0286. The van der Waals surface area contributed by atoms with Gasteiger partial charge in [-0.2, -0.15) is 0 Å². The number of benzene rings is 2. The number of likely N-dealkylation sites (N-methyl/N-ethyl adjacent to an activating group) is 1. The molecule has 1 N–H and O–H groups in total. The highest BCUT2D eigenvalue weighted by Crippen LogP contribution is 2.32. The van der Waals surface area contributed by atoms with Gasteiger partial charge in [0.15, 0.2) is 18.1 Å². The van der Waals surface area contributed by atoms with Gasteiger partial charge in [-0.3, -0.25) is 9.52 Å². The fourth-order valence-electron chi connectivity index (χ4n) is 4.06. The summed E-state index contributed by atoms with van der Waals surface area (Å²) < 4.78 is 44.0. The minimum atomic E-state index is -3.87. The first-order chi connectivity index (χ1) is 16.3. The molecule has 1 aliphatic carbocycles. The van der Waals surface area contributed by atoms with Crippen LogP contribution < -0.4 is 14.2 Å². The number of ether oxygens (including phenoxy) is 3. The molecule has 0 aromatic heterocycles. The SMILES string of the molecule is CN(C(=O)COC(=O)c1ccc(NS(=O)(=O)c2ccc3c(c2)OCCO3)cc1)C1CCCCC1. The third kappa shape index (κ3) is 5.61. The molecule has 2 aliphatic rings. The molecule has 2 aromatic rings. The molecule has 1 fully saturated rings. The van der Waals surface area contributed by atoms with Crippen LogP contribution >= 0.6 is 0 Å². The van der Waals surface area contributed by atoms with Crippen LogP contribution in [0.4, 0.5) is 5.69 Å². The molecule has 34 heavy (non-hydrogen) atoms. The monoisotopic (exact) mass is 488 g/mol. The van der Waals surface area contributed by atoms with E-state index in [1.807, 2.05) is 0 Å². The second kappa shape index (κ2) is 10.3. The molecule has 0 atom stereocenters. The second-order valence-corrected chi connectivity index (χ2v) is 10.0. The highest BCUT2D eigenvalue weighted by atomic mass is 32.2. The van der Waals surface area contributed by atoms with Crippen molar-refractivity contribution in [2.75, 3.05) is 31.6 Å². The summed E-state index contributed by atoms with van der Waals surface area (Å²) in [7, 11) is -2.13. The largest absolute Gasteiger partial charge is 0.486 e. The van der Waals surface area contributed by atoms with Crippen molar-refractivity contribution < 1.29 is 32.2 Å². The van der Waals surface area contributed by atoms with Crippen LogP contribution in [0.25, 0.3) is 0 Å². The van der Waals surface area contributed by atoms with Gasteiger partial charge in [0, 0.05) is 24.8 Å². The lowest BCUT2D eigenvalue weighted by molar-refractivity contribution is -0.135. The molecule has 0 spiro atoms. The lowest BCUT2D eigenvalue weighted by Crippen LogP contribution is -2.40. The zero-order chi connectivity index (χ0) is 24.1. The van der Waals surface area contributed by atoms with E-state index in [1.165, 1.54) is 42.8 Å². The summed E-state index contributed by atoms with van der Waals surface area (Å²) in [6, 6.07) is 10.4. The summed E-state index contributed by atoms with van der Waals surface area (Å²) in [5.74, 6) is -0.0110. The molecule has 1 aliphatic heterocycles. The number of nitrogens with zero attached hydrogens (tertiary/aromatic N) is 1. The lowest BCUT2D eigenvalue weighted by atomic mass is 9.94. The maximum absolute atomic E-state index is 12.7. The Kier molecular flexibility index (Phi) is 7.26. The Hall–Kier alpha value is -3.27. The maximum atomic E-state index is 12.7. The van der Waals surface area contributed by atoms with E-state index in [9.17, 15) is 18.0 Å². The number of esters is 1. The molecule has 1 amide bonds. The smallest absolute Gasteiger partial charge is 0.338 e. The summed E-state index contributed by atoms with van der Waals surface area (Å²) >= 11 is 0. The highest BCUT2D eigenvalue weighted by molar-refractivity contribution is 7.92. The molecule has 0 unspecified atom stereocenters. The number of carbonyl (C=O) groups excluding carboxylic acids is 2. The summed E-state index contributed by atoms with van der Waals surface area (Å²) in [6.45, 7) is 0.436. The average molecular weight is 489 g/mol. The highest BCUT2D eigenvalue weighted by Gasteiger charge is 2.23. The topological polar surface area (TPSA) is 111 Å². The van der Waals surface area contributed by atoms with E-state index in [4.69, 9.17) is 14.2 Å². The Balaban J connectivity index is 1.33. The van der Waals surface area contributed by atoms with Crippen LogP contribution in [0.5, 0.6) is 11.5 Å². The Morgan fingerprint density at radius 1 is 1.00 bits per heavy atom. The van der Waals surface area contributed by atoms with Gasteiger partial charge in [0.05, 0.1) is 10.5 Å². The predicted octanol–water partition coefficient (Wildman–Crippen LogP) is 3.21. The number of fused-ring (bicyclic) bond motifs is 1. The first-order valence-corrected chi connectivity index (χ1v) is 12.8. The zero-order valence-electron chi connectivity index (χ0n) is 19.0. The number of rotatable bonds is 7. The summed E-state index contributed by atoms with van der Waals surface area (Å²) in [4.78, 5) is 26.4. The van der Waals surface area contributed by atoms with E-state index >= 15 is 0 Å². The van der Waals surface area contributed by atoms with Crippen LogP contribution in [0.1, 0.15) is 42.5 Å². The summed E-state index contributed by atoms with van der Waals surface area (Å²) in [5, 5.41) is 0. The number of carbonyl (C=O) groups is 2. The fourth-order valence-corrected chi connectivity index (χ4v) is 5.14. The van der Waals surface area contributed by atoms with Gasteiger partial charge in [0.1, 0.15) is 13.2 Å². The number of nitrogens with one attached hydrogen (secondary N) is 1. The van der Waals surface area contributed by atoms with Gasteiger partial charge in [-0.05, 0) is 49.2 Å². The minimum Gasteiger partial charge on any atom is -0.486 e. The van der Waals surface area contributed by atoms with Crippen LogP contribution in [-0.4, -0.2) is 58.1 Å². The van der Waals surface area contributed by atoms with Crippen molar-refractivity contribution in [3.05, 3.63) is 48.0 Å². The Bertz CT molecular complexity index is 1140. The summed E-state index contributed by atoms with van der Waals surface area (Å²) in [5.41, 5.74) is 0.495. The summed E-state index contributed by atoms with van der Waals surface area (Å²) in [6.07, 6.45) is 5.34. The molecule has 10 heteroatoms. The first-order valence-electron chi connectivity index (χ1n) is 11.3. The van der Waals surface area contributed by atoms with Crippen molar-refractivity contribution >= 4 is 27.6 Å². The molecule has 0 bridgehead atoms. The third-order valence-corrected chi connectivity index (χ3v) is 7.42. The Morgan fingerprint density at radius 3 is 2.38 bits per heavy atom. The van der Waals surface area contributed by atoms with Gasteiger partial charge in [0.2, 0.25) is 0 Å². The van der Waals surface area contributed by atoms with Crippen LogP contribution in [-0.2, 0) is 19.6 Å². The van der Waals surface area contributed by atoms with Crippen LogP contribution in [0.2, 0.25) is 0 Å². The van der Waals surface area contributed by atoms with E-state index in [0.29, 0.717) is 24.7 Å². The maximum Gasteiger partial charge on any atom is 0.338 e.